The second-order valence-electron chi connectivity index (χ2n) is 8.32. The number of ether oxygens (including phenoxy) is 3. The van der Waals surface area contributed by atoms with Gasteiger partial charge >= 0.3 is 6.36 Å². The molecular formula is C24H27F3N2O4. The topological polar surface area (TPSA) is 60.0 Å². The number of carbonyl (C=O) groups is 1. The number of halogens is 3. The van der Waals surface area contributed by atoms with Crippen molar-refractivity contribution in [2.24, 2.45) is 0 Å². The predicted molar refractivity (Wildman–Crippen MR) is 116 cm³/mol. The molecule has 1 N–H and O–H groups in total. The van der Waals surface area contributed by atoms with Crippen LogP contribution in [0.2, 0.25) is 0 Å². The van der Waals surface area contributed by atoms with Crippen LogP contribution in [-0.2, 0) is 17.6 Å². The number of benzene rings is 2. The highest BCUT2D eigenvalue weighted by Gasteiger charge is 2.31. The summed E-state index contributed by atoms with van der Waals surface area (Å²) in [5, 5.41) is 3.11. The summed E-state index contributed by atoms with van der Waals surface area (Å²) in [4.78, 5) is 15.1. The van der Waals surface area contributed by atoms with Crippen LogP contribution in [0, 0.1) is 0 Å². The van der Waals surface area contributed by atoms with Crippen LogP contribution in [0.4, 0.5) is 13.2 Å². The molecule has 178 valence electrons. The Kier molecular flexibility index (Phi) is 7.27. The van der Waals surface area contributed by atoms with Crippen LogP contribution >= 0.6 is 0 Å². The highest BCUT2D eigenvalue weighted by atomic mass is 19.4. The normalized spacial score (nSPS) is 16.9. The van der Waals surface area contributed by atoms with Crippen molar-refractivity contribution < 1.29 is 32.2 Å². The molecule has 2 heterocycles. The van der Waals surface area contributed by atoms with Gasteiger partial charge in [0, 0.05) is 12.6 Å². The third kappa shape index (κ3) is 7.02. The van der Waals surface area contributed by atoms with E-state index in [4.69, 9.17) is 9.47 Å². The zero-order valence-electron chi connectivity index (χ0n) is 18.2. The van der Waals surface area contributed by atoms with Crippen molar-refractivity contribution in [2.45, 2.75) is 38.1 Å². The summed E-state index contributed by atoms with van der Waals surface area (Å²) in [7, 11) is 0. The van der Waals surface area contributed by atoms with E-state index >= 15 is 0 Å². The van der Waals surface area contributed by atoms with Crippen molar-refractivity contribution in [3.63, 3.8) is 0 Å². The van der Waals surface area contributed by atoms with E-state index in [0.717, 1.165) is 43.8 Å². The maximum Gasteiger partial charge on any atom is 0.573 e. The number of fused-ring (bicyclic) bond motifs is 1. The molecule has 2 aromatic carbocycles. The Labute approximate surface area is 190 Å². The van der Waals surface area contributed by atoms with E-state index in [0.29, 0.717) is 30.9 Å². The van der Waals surface area contributed by atoms with Gasteiger partial charge < -0.3 is 24.4 Å². The first kappa shape index (κ1) is 23.2. The van der Waals surface area contributed by atoms with Gasteiger partial charge in [-0.15, -0.1) is 13.2 Å². The van der Waals surface area contributed by atoms with E-state index in [1.54, 1.807) is 0 Å². The Hall–Kier alpha value is -2.94. The van der Waals surface area contributed by atoms with E-state index in [-0.39, 0.29) is 24.1 Å². The molecule has 2 aliphatic heterocycles. The zero-order chi connectivity index (χ0) is 23.3. The quantitative estimate of drug-likeness (QED) is 0.645. The summed E-state index contributed by atoms with van der Waals surface area (Å²) in [6.45, 7) is 3.79. The summed E-state index contributed by atoms with van der Waals surface area (Å²) >= 11 is 0. The van der Waals surface area contributed by atoms with Gasteiger partial charge in [-0.2, -0.15) is 0 Å². The summed E-state index contributed by atoms with van der Waals surface area (Å²) in [5.41, 5.74) is 1.65. The van der Waals surface area contributed by atoms with E-state index in [2.05, 4.69) is 15.0 Å². The maximum atomic E-state index is 12.7. The van der Waals surface area contributed by atoms with Gasteiger partial charge in [-0.05, 0) is 67.7 Å². The Morgan fingerprint density at radius 1 is 1.00 bits per heavy atom. The Bertz CT molecular complexity index is 944. The molecule has 1 saturated heterocycles. The Morgan fingerprint density at radius 2 is 1.67 bits per heavy atom. The second-order valence-corrected chi connectivity index (χ2v) is 8.32. The van der Waals surface area contributed by atoms with Crippen molar-refractivity contribution in [1.29, 1.82) is 0 Å². The number of rotatable bonds is 8. The molecule has 33 heavy (non-hydrogen) atoms. The number of nitrogens with zero attached hydrogens (tertiary/aromatic N) is 1. The molecule has 0 unspecified atom stereocenters. The molecule has 0 radical (unpaired) electrons. The number of carbonyl (C=O) groups excluding carboxylic acids is 1. The number of hydrogen-bond donors (Lipinski definition) is 1. The molecule has 0 bridgehead atoms. The smallest absolute Gasteiger partial charge is 0.486 e. The minimum atomic E-state index is -4.74. The van der Waals surface area contributed by atoms with E-state index in [1.807, 2.05) is 18.2 Å². The monoisotopic (exact) mass is 464 g/mol. The van der Waals surface area contributed by atoms with Gasteiger partial charge in [0.2, 0.25) is 5.91 Å². The molecule has 6 nitrogen and oxygen atoms in total. The maximum absolute atomic E-state index is 12.7. The molecule has 0 aromatic heterocycles. The lowest BCUT2D eigenvalue weighted by atomic mass is 10.0. The molecule has 1 atom stereocenters. The van der Waals surface area contributed by atoms with Crippen LogP contribution in [0.15, 0.2) is 42.5 Å². The highest BCUT2D eigenvalue weighted by molar-refractivity contribution is 5.79. The third-order valence-electron chi connectivity index (χ3n) is 5.65. The van der Waals surface area contributed by atoms with Crippen molar-refractivity contribution in [2.75, 3.05) is 32.8 Å². The minimum absolute atomic E-state index is 0.0733. The van der Waals surface area contributed by atoms with Gasteiger partial charge in [-0.25, -0.2) is 0 Å². The van der Waals surface area contributed by atoms with Crippen LogP contribution in [0.5, 0.6) is 17.2 Å². The molecule has 1 amide bonds. The summed E-state index contributed by atoms with van der Waals surface area (Å²) in [6, 6.07) is 11.1. The number of nitrogens with one attached hydrogen (secondary N) is 1. The fourth-order valence-electron chi connectivity index (χ4n) is 4.21. The van der Waals surface area contributed by atoms with Crippen molar-refractivity contribution in [3.8, 4) is 17.2 Å². The van der Waals surface area contributed by atoms with Gasteiger partial charge in [0.05, 0.1) is 6.42 Å². The summed E-state index contributed by atoms with van der Waals surface area (Å²) in [5.74, 6) is 0.952. The lowest BCUT2D eigenvalue weighted by molar-refractivity contribution is -0.274. The number of amides is 1. The summed E-state index contributed by atoms with van der Waals surface area (Å²) < 4.78 is 52.1. The average molecular weight is 464 g/mol. The molecule has 0 spiro atoms. The standard InChI is InChI=1S/C24H27F3N2O4/c25-24(26,27)33-20-6-3-17(4-7-20)15-23(30)28-19(16-29-9-1-2-10-29)13-18-5-8-21-22(14-18)32-12-11-31-21/h3-8,14,19H,1-2,9-13,15-16H2,(H,28,30)/t19-/m0/s1. The fourth-order valence-corrected chi connectivity index (χ4v) is 4.21. The molecule has 9 heteroatoms. The van der Waals surface area contributed by atoms with Crippen molar-refractivity contribution >= 4 is 5.91 Å². The van der Waals surface area contributed by atoms with Gasteiger partial charge in [0.15, 0.2) is 11.5 Å². The molecule has 0 saturated carbocycles. The Morgan fingerprint density at radius 3 is 2.36 bits per heavy atom. The molecule has 2 aromatic rings. The highest BCUT2D eigenvalue weighted by Crippen LogP contribution is 2.31. The predicted octanol–water partition coefficient (Wildman–Crippen LogP) is 3.72. The van der Waals surface area contributed by atoms with Crippen LogP contribution in [-0.4, -0.2) is 56.1 Å². The largest absolute Gasteiger partial charge is 0.573 e. The van der Waals surface area contributed by atoms with E-state index in [1.165, 1.54) is 24.3 Å². The van der Waals surface area contributed by atoms with Crippen molar-refractivity contribution in [1.82, 2.24) is 10.2 Å². The molecular weight excluding hydrogens is 437 g/mol. The van der Waals surface area contributed by atoms with E-state index in [9.17, 15) is 18.0 Å². The van der Waals surface area contributed by atoms with Crippen LogP contribution in [0.3, 0.4) is 0 Å². The average Bonchev–Trinajstić information content (AvgIpc) is 3.27. The Balaban J connectivity index is 1.38. The minimum Gasteiger partial charge on any atom is -0.486 e. The fraction of sp³-hybridized carbons (Fsp3) is 0.458. The molecule has 4 rings (SSSR count). The molecule has 0 aliphatic carbocycles. The first-order valence-electron chi connectivity index (χ1n) is 11.1. The van der Waals surface area contributed by atoms with Crippen LogP contribution in [0.1, 0.15) is 24.0 Å². The number of hydrogen-bond acceptors (Lipinski definition) is 5. The summed E-state index contributed by atoms with van der Waals surface area (Å²) in [6.07, 6.45) is -1.73. The SMILES string of the molecule is O=C(Cc1ccc(OC(F)(F)F)cc1)N[C@@H](Cc1ccc2c(c1)OCCO2)CN1CCCC1. The molecule has 1 fully saturated rings. The zero-order valence-corrected chi connectivity index (χ0v) is 18.2. The second kappa shape index (κ2) is 10.3. The third-order valence-corrected chi connectivity index (χ3v) is 5.65. The first-order valence-corrected chi connectivity index (χ1v) is 11.1. The van der Waals surface area contributed by atoms with Crippen molar-refractivity contribution in [3.05, 3.63) is 53.6 Å². The van der Waals surface area contributed by atoms with Gasteiger partial charge in [-0.1, -0.05) is 18.2 Å². The lowest BCUT2D eigenvalue weighted by Gasteiger charge is -2.25. The number of likely N-dealkylation sites (tertiary alicyclic amines) is 1. The lowest BCUT2D eigenvalue weighted by Crippen LogP contribution is -2.45. The van der Waals surface area contributed by atoms with E-state index < -0.39 is 6.36 Å². The van der Waals surface area contributed by atoms with Crippen LogP contribution < -0.4 is 19.5 Å². The number of alkyl halides is 3. The first-order chi connectivity index (χ1) is 15.8. The van der Waals surface area contributed by atoms with Gasteiger partial charge in [0.1, 0.15) is 19.0 Å². The van der Waals surface area contributed by atoms with Gasteiger partial charge in [0.25, 0.3) is 0 Å². The van der Waals surface area contributed by atoms with Gasteiger partial charge in [-0.3, -0.25) is 4.79 Å². The molecule has 2 aliphatic rings. The van der Waals surface area contributed by atoms with Crippen LogP contribution in [0.25, 0.3) is 0 Å².